The molecule has 6 nitrogen and oxygen atoms in total. The number of halogens is 2. The van der Waals surface area contributed by atoms with Crippen molar-refractivity contribution in [2.75, 3.05) is 12.0 Å². The second kappa shape index (κ2) is 6.37. The summed E-state index contributed by atoms with van der Waals surface area (Å²) >= 11 is 6.11. The van der Waals surface area contributed by atoms with Gasteiger partial charge in [-0.3, -0.25) is 19.9 Å². The smallest absolute Gasteiger partial charge is 0.270 e. The van der Waals surface area contributed by atoms with Crippen LogP contribution in [0.15, 0.2) is 42.0 Å². The Morgan fingerprint density at radius 1 is 1.22 bits per heavy atom. The first-order chi connectivity index (χ1) is 12.9. The van der Waals surface area contributed by atoms with Gasteiger partial charge in [0.15, 0.2) is 6.10 Å². The van der Waals surface area contributed by atoms with Crippen LogP contribution in [0.3, 0.4) is 0 Å². The molecule has 0 spiro atoms. The fourth-order valence-electron chi connectivity index (χ4n) is 3.14. The van der Waals surface area contributed by atoms with Crippen LogP contribution < -0.4 is 15.1 Å². The molecule has 2 amide bonds. The molecule has 1 N–H and O–H groups in total. The molecule has 2 aliphatic heterocycles. The van der Waals surface area contributed by atoms with Crippen LogP contribution in [0.4, 0.5) is 10.1 Å². The third-order valence-corrected chi connectivity index (χ3v) is 4.93. The number of fused-ring (bicyclic) bond motifs is 1. The van der Waals surface area contributed by atoms with Gasteiger partial charge >= 0.3 is 0 Å². The maximum atomic E-state index is 13.2. The van der Waals surface area contributed by atoms with E-state index in [1.807, 2.05) is 0 Å². The lowest BCUT2D eigenvalue weighted by Crippen LogP contribution is -2.34. The minimum absolute atomic E-state index is 0.168. The topological polar surface area (TPSA) is 67.9 Å². The molecular formula is C19H14ClFN2O4. The summed E-state index contributed by atoms with van der Waals surface area (Å²) in [5, 5.41) is 0.457. The first kappa shape index (κ1) is 17.5. The van der Waals surface area contributed by atoms with E-state index >= 15 is 0 Å². The fourth-order valence-corrected chi connectivity index (χ4v) is 3.29. The molecule has 4 rings (SSSR count). The highest BCUT2D eigenvalue weighted by molar-refractivity contribution is 6.34. The monoisotopic (exact) mass is 388 g/mol. The van der Waals surface area contributed by atoms with Gasteiger partial charge in [0.05, 0.1) is 24.1 Å². The van der Waals surface area contributed by atoms with Crippen molar-refractivity contribution < 1.29 is 23.6 Å². The van der Waals surface area contributed by atoms with E-state index in [0.717, 1.165) is 4.90 Å². The van der Waals surface area contributed by atoms with Crippen LogP contribution in [0.1, 0.15) is 11.1 Å². The van der Waals surface area contributed by atoms with Gasteiger partial charge in [-0.05, 0) is 42.8 Å². The van der Waals surface area contributed by atoms with Gasteiger partial charge in [-0.25, -0.2) is 9.29 Å². The summed E-state index contributed by atoms with van der Waals surface area (Å²) in [7, 11) is 1.43. The van der Waals surface area contributed by atoms with Gasteiger partial charge in [0.2, 0.25) is 0 Å². The zero-order valence-electron chi connectivity index (χ0n) is 14.4. The second-order valence-electron chi connectivity index (χ2n) is 6.15. The molecule has 0 saturated carbocycles. The van der Waals surface area contributed by atoms with E-state index < -0.39 is 23.7 Å². The summed E-state index contributed by atoms with van der Waals surface area (Å²) in [5.74, 6) is -1.19. The molecule has 2 aromatic rings. The van der Waals surface area contributed by atoms with Gasteiger partial charge in [0.1, 0.15) is 11.6 Å². The molecule has 27 heavy (non-hydrogen) atoms. The van der Waals surface area contributed by atoms with Crippen LogP contribution in [-0.4, -0.2) is 25.0 Å². The molecule has 0 bridgehead atoms. The molecule has 2 heterocycles. The second-order valence-corrected chi connectivity index (χ2v) is 6.55. The Bertz CT molecular complexity index is 1000. The Morgan fingerprint density at radius 2 is 1.93 bits per heavy atom. The molecule has 1 fully saturated rings. The summed E-state index contributed by atoms with van der Waals surface area (Å²) in [4.78, 5) is 32.3. The average Bonchev–Trinajstić information content (AvgIpc) is 3.19. The highest BCUT2D eigenvalue weighted by atomic mass is 35.5. The van der Waals surface area contributed by atoms with Gasteiger partial charge in [0.25, 0.3) is 11.8 Å². The minimum Gasteiger partial charge on any atom is -0.494 e. The molecule has 0 unspecified atom stereocenters. The lowest BCUT2D eigenvalue weighted by molar-refractivity contribution is -0.127. The predicted molar refractivity (Wildman–Crippen MR) is 96.6 cm³/mol. The first-order valence-corrected chi connectivity index (χ1v) is 8.44. The van der Waals surface area contributed by atoms with Crippen LogP contribution in [0, 0.1) is 12.7 Å². The zero-order valence-corrected chi connectivity index (χ0v) is 15.1. The number of methoxy groups -OCH3 is 1. The van der Waals surface area contributed by atoms with Crippen LogP contribution in [0.25, 0.3) is 5.70 Å². The predicted octanol–water partition coefficient (Wildman–Crippen LogP) is 2.98. The highest BCUT2D eigenvalue weighted by Gasteiger charge is 2.51. The van der Waals surface area contributed by atoms with E-state index in [1.165, 1.54) is 31.4 Å². The Morgan fingerprint density at radius 3 is 2.59 bits per heavy atom. The molecule has 0 radical (unpaired) electrons. The van der Waals surface area contributed by atoms with E-state index in [-0.39, 0.29) is 5.57 Å². The third-order valence-electron chi connectivity index (χ3n) is 4.52. The summed E-state index contributed by atoms with van der Waals surface area (Å²) in [5.41, 5.74) is 4.64. The largest absolute Gasteiger partial charge is 0.494 e. The average molecular weight is 389 g/mol. The Kier molecular flexibility index (Phi) is 4.13. The first-order valence-electron chi connectivity index (χ1n) is 8.06. The van der Waals surface area contributed by atoms with Crippen molar-refractivity contribution >= 4 is 34.8 Å². The summed E-state index contributed by atoms with van der Waals surface area (Å²) in [6.07, 6.45) is -1.08. The summed E-state index contributed by atoms with van der Waals surface area (Å²) in [6, 6.07) is 8.71. The van der Waals surface area contributed by atoms with E-state index in [9.17, 15) is 14.0 Å². The Hall–Kier alpha value is -2.90. The van der Waals surface area contributed by atoms with Gasteiger partial charge in [-0.15, -0.1) is 0 Å². The zero-order chi connectivity index (χ0) is 19.3. The summed E-state index contributed by atoms with van der Waals surface area (Å²) < 4.78 is 18.5. The van der Waals surface area contributed by atoms with Crippen molar-refractivity contribution in [2.45, 2.75) is 13.0 Å². The van der Waals surface area contributed by atoms with Gasteiger partial charge < -0.3 is 4.74 Å². The maximum Gasteiger partial charge on any atom is 0.270 e. The highest BCUT2D eigenvalue weighted by Crippen LogP contribution is 2.41. The number of carbonyl (C=O) groups excluding carboxylic acids is 2. The Balaban J connectivity index is 1.82. The number of benzene rings is 2. The van der Waals surface area contributed by atoms with Crippen LogP contribution in [0.5, 0.6) is 5.75 Å². The number of aryl methyl sites for hydroxylation is 1. The normalized spacial score (nSPS) is 18.8. The van der Waals surface area contributed by atoms with Crippen molar-refractivity contribution in [3.8, 4) is 5.75 Å². The maximum absolute atomic E-state index is 13.2. The number of ether oxygens (including phenoxy) is 1. The number of hydrogen-bond donors (Lipinski definition) is 1. The standard InChI is InChI=1S/C19H14ClFN2O4/c1-9-7-13(14(26-2)8-12(9)20)23-18(24)15-16(22-27-17(15)19(23)25)10-3-5-11(21)6-4-10/h3-8,17,22H,1-2H3/t17-/m0/s1. The number of hydroxylamine groups is 1. The molecule has 0 aromatic heterocycles. The Labute approximate surface area is 159 Å². The number of anilines is 1. The number of amides is 2. The van der Waals surface area contributed by atoms with Gasteiger partial charge in [0, 0.05) is 16.7 Å². The quantitative estimate of drug-likeness (QED) is 0.819. The molecule has 0 aliphatic carbocycles. The van der Waals surface area contributed by atoms with Gasteiger partial charge in [-0.1, -0.05) is 11.6 Å². The van der Waals surface area contributed by atoms with Crippen molar-refractivity contribution in [2.24, 2.45) is 0 Å². The lowest BCUT2D eigenvalue weighted by Gasteiger charge is -2.19. The summed E-state index contributed by atoms with van der Waals surface area (Å²) in [6.45, 7) is 1.76. The van der Waals surface area contributed by atoms with E-state index in [4.69, 9.17) is 21.2 Å². The molecule has 1 atom stereocenters. The minimum atomic E-state index is -1.08. The number of hydrogen-bond acceptors (Lipinski definition) is 5. The lowest BCUT2D eigenvalue weighted by atomic mass is 10.0. The van der Waals surface area contributed by atoms with Crippen molar-refractivity contribution in [1.82, 2.24) is 5.48 Å². The molecule has 138 valence electrons. The van der Waals surface area contributed by atoms with E-state index in [1.54, 1.807) is 19.1 Å². The molecule has 2 aromatic carbocycles. The molecule has 2 aliphatic rings. The molecular weight excluding hydrogens is 375 g/mol. The van der Waals surface area contributed by atoms with Crippen LogP contribution in [0.2, 0.25) is 5.02 Å². The van der Waals surface area contributed by atoms with Gasteiger partial charge in [-0.2, -0.15) is 0 Å². The number of carbonyl (C=O) groups is 2. The number of nitrogens with one attached hydrogen (secondary N) is 1. The van der Waals surface area contributed by atoms with Crippen LogP contribution in [-0.2, 0) is 14.4 Å². The van der Waals surface area contributed by atoms with E-state index in [2.05, 4.69) is 5.48 Å². The third kappa shape index (κ3) is 2.67. The van der Waals surface area contributed by atoms with Crippen LogP contribution >= 0.6 is 11.6 Å². The molecule has 8 heteroatoms. The van der Waals surface area contributed by atoms with E-state index in [0.29, 0.717) is 33.3 Å². The van der Waals surface area contributed by atoms with Crippen molar-refractivity contribution in [1.29, 1.82) is 0 Å². The number of imide groups is 1. The molecule has 1 saturated heterocycles. The van der Waals surface area contributed by atoms with Crippen molar-refractivity contribution in [3.05, 3.63) is 63.9 Å². The fraction of sp³-hybridized carbons (Fsp3) is 0.158. The number of rotatable bonds is 3. The van der Waals surface area contributed by atoms with Crippen molar-refractivity contribution in [3.63, 3.8) is 0 Å². The number of nitrogens with zero attached hydrogens (tertiary/aromatic N) is 1. The SMILES string of the molecule is COc1cc(Cl)c(C)cc1N1C(=O)C2=C(c3ccc(F)cc3)NO[C@@H]2C1=O.